The van der Waals surface area contributed by atoms with Crippen molar-refractivity contribution < 1.29 is 82.7 Å². The number of nitriles is 1. The van der Waals surface area contributed by atoms with E-state index in [1.165, 1.54) is 25.5 Å². The Kier molecular flexibility index (Phi) is 35.6. The summed E-state index contributed by atoms with van der Waals surface area (Å²) in [6.45, 7) is 8.58. The second kappa shape index (κ2) is 50.2. The van der Waals surface area contributed by atoms with Gasteiger partial charge in [-0.15, -0.1) is 0 Å². The third-order valence-corrected chi connectivity index (χ3v) is 28.8. The van der Waals surface area contributed by atoms with Gasteiger partial charge in [0.15, 0.2) is 30.5 Å². The van der Waals surface area contributed by atoms with Crippen LogP contribution < -0.4 is 84.8 Å². The van der Waals surface area contributed by atoms with E-state index in [0.717, 1.165) is 190 Å². The number of carbonyl (C=O) groups is 6. The molecule has 6 aliphatic carbocycles. The van der Waals surface area contributed by atoms with Crippen molar-refractivity contribution in [3.05, 3.63) is 258 Å². The minimum atomic E-state index is -0.671. The van der Waals surface area contributed by atoms with Crippen molar-refractivity contribution in [3.8, 4) is 40.7 Å². The lowest BCUT2D eigenvalue weighted by Crippen LogP contribution is -2.54. The number of para-hydroxylation sites is 10. The van der Waals surface area contributed by atoms with Crippen LogP contribution in [0.5, 0.6) is 34.6 Å². The molecule has 0 spiro atoms. The van der Waals surface area contributed by atoms with Crippen molar-refractivity contribution in [1.29, 1.82) is 5.26 Å². The lowest BCUT2D eigenvalue weighted by molar-refractivity contribution is -0.130. The van der Waals surface area contributed by atoms with Gasteiger partial charge in [0.2, 0.25) is 11.8 Å². The summed E-state index contributed by atoms with van der Waals surface area (Å²) in [5.41, 5.74) is 12.4. The number of nitrogens with zero attached hydrogens (tertiary/aromatic N) is 11. The smallest absolute Gasteiger partial charge is 0.263 e. The molecule has 5 aromatic carbocycles. The molecule has 6 amide bonds. The van der Waals surface area contributed by atoms with Crippen molar-refractivity contribution in [2.75, 3.05) is 69.6 Å². The Morgan fingerprint density at radius 1 is 0.340 bits per heavy atom. The molecular weight excluding hydrogens is 1870 g/mol. The second-order valence-electron chi connectivity index (χ2n) is 39.9. The third-order valence-electron chi connectivity index (χ3n) is 28.8. The van der Waals surface area contributed by atoms with Gasteiger partial charge < -0.3 is 110 Å². The Morgan fingerprint density at radius 2 is 0.619 bits per heavy atom. The highest BCUT2D eigenvalue weighted by molar-refractivity contribution is 5.89. The monoisotopic (exact) mass is 2000 g/mol. The molecule has 34 heteroatoms. The highest BCUT2D eigenvalue weighted by Crippen LogP contribution is 2.43. The van der Waals surface area contributed by atoms with Crippen LogP contribution in [0.25, 0.3) is 0 Å². The first-order valence-corrected chi connectivity index (χ1v) is 51.9. The van der Waals surface area contributed by atoms with E-state index in [0.29, 0.717) is 118 Å². The number of hydrogen-bond acceptors (Lipinski definition) is 28. The van der Waals surface area contributed by atoms with Crippen LogP contribution in [0.3, 0.4) is 0 Å². The molecule has 774 valence electrons. The van der Waals surface area contributed by atoms with Gasteiger partial charge in [-0.2, -0.15) is 5.26 Å². The zero-order valence-corrected chi connectivity index (χ0v) is 83.6. The molecule has 10 aromatic rings. The quantitative estimate of drug-likeness (QED) is 0.0283. The van der Waals surface area contributed by atoms with Gasteiger partial charge in [-0.05, 0) is 197 Å². The minimum Gasteiger partial charge on any atom is -0.481 e. The number of aliphatic hydroxyl groups is 5. The Bertz CT molecular complexity index is 6110. The lowest BCUT2D eigenvalue weighted by atomic mass is 9.92. The summed E-state index contributed by atoms with van der Waals surface area (Å²) in [6.07, 6.45) is 23.7. The fraction of sp³-hybridized carbons (Fsp3) is 0.451. The number of nitrogens with one attached hydrogen (secondary N) is 6. The molecule has 6 fully saturated rings. The summed E-state index contributed by atoms with van der Waals surface area (Å²) in [5.74, 6) is 4.08. The summed E-state index contributed by atoms with van der Waals surface area (Å²) in [6, 6.07) is 59.0. The van der Waals surface area contributed by atoms with Crippen LogP contribution in [-0.4, -0.2) is 217 Å². The van der Waals surface area contributed by atoms with E-state index in [9.17, 15) is 54.3 Å². The number of aliphatic hydroxyl groups excluding tert-OH is 5. The number of amides is 6. The van der Waals surface area contributed by atoms with Crippen LogP contribution in [0.2, 0.25) is 0 Å². The predicted octanol–water partition coefficient (Wildman–Crippen LogP) is 12.4. The maximum atomic E-state index is 13.0. The molecule has 5 unspecified atom stereocenters. The first-order chi connectivity index (χ1) is 71.5. The van der Waals surface area contributed by atoms with Gasteiger partial charge in [0.05, 0.1) is 129 Å². The van der Waals surface area contributed by atoms with Gasteiger partial charge in [-0.3, -0.25) is 38.7 Å². The summed E-state index contributed by atoms with van der Waals surface area (Å²) < 4.78 is 35.2. The molecule has 0 saturated heterocycles. The number of fused-ring (bicyclic) bond motifs is 5. The van der Waals surface area contributed by atoms with Gasteiger partial charge in [0, 0.05) is 94.0 Å². The van der Waals surface area contributed by atoms with E-state index in [-0.39, 0.29) is 65.7 Å². The normalized spacial score (nSPS) is 24.0. The van der Waals surface area contributed by atoms with E-state index in [1.807, 2.05) is 177 Å². The molecule has 0 radical (unpaired) electrons. The topological polar surface area (TPSA) is 436 Å². The molecule has 11 N–H and O–H groups in total. The van der Waals surface area contributed by atoms with Gasteiger partial charge in [0.1, 0.15) is 46.3 Å². The van der Waals surface area contributed by atoms with Crippen LogP contribution >= 0.6 is 0 Å². The average Bonchev–Trinajstić information content (AvgIpc) is 0.904. The molecule has 0 bridgehead atoms. The number of rotatable bonds is 23. The van der Waals surface area contributed by atoms with Gasteiger partial charge in [-0.25, -0.2) is 15.0 Å². The number of methoxy groups -OCH3 is 1. The Morgan fingerprint density at radius 3 is 0.864 bits per heavy atom. The van der Waals surface area contributed by atoms with Crippen molar-refractivity contribution in [1.82, 2.24) is 51.5 Å². The maximum Gasteiger partial charge on any atom is 0.263 e. The second-order valence-corrected chi connectivity index (χ2v) is 39.9. The van der Waals surface area contributed by atoms with Crippen molar-refractivity contribution in [2.45, 2.75) is 285 Å². The van der Waals surface area contributed by atoms with Gasteiger partial charge >= 0.3 is 0 Å². The van der Waals surface area contributed by atoms with Gasteiger partial charge in [-0.1, -0.05) is 155 Å². The summed E-state index contributed by atoms with van der Waals surface area (Å²) in [4.78, 5) is 108. The number of carbonyl (C=O) groups excluding carboxylic acids is 6. The molecule has 6 saturated carbocycles. The average molecular weight is 2000 g/mol. The zero-order chi connectivity index (χ0) is 102. The molecule has 147 heavy (non-hydrogen) atoms. The van der Waals surface area contributed by atoms with Crippen molar-refractivity contribution >= 4 is 69.7 Å². The predicted molar refractivity (Wildman–Crippen MR) is 555 cm³/mol. The number of aromatic nitrogens is 5. The molecule has 21 rings (SSSR count). The number of aryl methyl sites for hydroxylation is 1. The highest BCUT2D eigenvalue weighted by Gasteiger charge is 2.42. The molecule has 5 aliphatic heterocycles. The zero-order valence-electron chi connectivity index (χ0n) is 83.6. The van der Waals surface area contributed by atoms with Crippen molar-refractivity contribution in [3.63, 3.8) is 0 Å². The molecular formula is C113H135N17O17. The van der Waals surface area contributed by atoms with E-state index in [4.69, 9.17) is 33.7 Å². The molecule has 5 aromatic heterocycles. The van der Waals surface area contributed by atoms with Gasteiger partial charge in [0.25, 0.3) is 29.5 Å². The first kappa shape index (κ1) is 104. The summed E-state index contributed by atoms with van der Waals surface area (Å²) >= 11 is 0. The van der Waals surface area contributed by atoms with E-state index in [1.54, 1.807) is 37.8 Å². The number of anilines is 6. The van der Waals surface area contributed by atoms with Crippen LogP contribution in [-0.2, 0) is 61.5 Å². The number of ether oxygens (including phenoxy) is 6. The van der Waals surface area contributed by atoms with Crippen LogP contribution in [0, 0.1) is 18.3 Å². The highest BCUT2D eigenvalue weighted by atomic mass is 16.5. The Labute approximate surface area is 857 Å². The van der Waals surface area contributed by atoms with E-state index < -0.39 is 61.0 Å². The lowest BCUT2D eigenvalue weighted by Gasteiger charge is -2.37. The summed E-state index contributed by atoms with van der Waals surface area (Å²) in [7, 11) is 1.59. The fourth-order valence-corrected chi connectivity index (χ4v) is 20.6. The largest absolute Gasteiger partial charge is 0.481 e. The van der Waals surface area contributed by atoms with Crippen LogP contribution in [0.4, 0.5) is 34.3 Å². The molecule has 34 nitrogen and oxygen atoms in total. The third kappa shape index (κ3) is 28.1. The fourth-order valence-electron chi connectivity index (χ4n) is 20.6. The van der Waals surface area contributed by atoms with E-state index >= 15 is 0 Å². The SMILES string of the molecule is CC(=O)Nc1ccc(CN2CC(C(=O)N[C@H]3CCCC[C@@H]3O)Oc3ccccc32)cn1.COc1ccc(CN2CC(C(=O)N[C@H]3CCCC[C@@H]3O)Oc3ccccc32)cn1.Cc1ccc(CN2CC(C(=O)N[C@H]3CCCC[C@@H]3O)Oc3ccccc32)cn1.N#Cc1ccc(CN2CC(C(=O)N[C@H]3CCCC[C@@H]3O)Oc3ccccc32)cn1.O=C(N[C@H]1CCCC[C@@H]1O)C1CN(Cc2ccc(C3CC3)nc2)c2ccccc2O1. The minimum absolute atomic E-state index is 0.150. The molecule has 11 aliphatic rings. The Hall–Kier alpha value is -14.2. The number of benzene rings is 5. The van der Waals surface area contributed by atoms with Crippen LogP contribution in [0.15, 0.2) is 213 Å². The van der Waals surface area contributed by atoms with Crippen molar-refractivity contribution in [2.24, 2.45) is 0 Å². The summed E-state index contributed by atoms with van der Waals surface area (Å²) in [5, 5.41) is 77.5. The number of hydrogen-bond donors (Lipinski definition) is 11. The van der Waals surface area contributed by atoms with E-state index in [2.05, 4.69) is 99.5 Å². The molecule has 10 heterocycles. The first-order valence-electron chi connectivity index (χ1n) is 51.9. The number of pyridine rings is 5. The molecule has 15 atom stereocenters. The standard InChI is InChI=1S/C24H29N3O3.C23H28N4O4.C22H24N4O3.C22H27N3O4.C22H27N3O3/c28-21-7-3-1-5-19(21)26-24(29)23-15-27(20-6-2-4-8-22(20)30-23)14-16-9-12-18(25-13-16)17-10-11-17;1-15(28)25-22-11-10-16(12-24-22)13-27-14-21(31-20-9-5-3-7-18(20)27)23(30)26-17-6-2-4-8-19(17)29;23-11-16-10-9-15(12-24-16)13-26-14-21(29-20-8-4-2-6-18(20)26)22(28)25-17-5-1-3-7-19(17)27;1-28-21-11-10-15(12-23-21)13-25-14-20(29-19-9-5-3-7-17(19)25)22(27)24-16-6-2-4-8-18(16)26;1-15-10-11-16(12-23-15)13-25-14-21(28-20-9-5-3-7-18(20)25)22(27)24-17-6-2-4-8-19(17)26/h2,4,6,8-9,12-13,17,19,21,23,28H,1,3,5,7,10-11,14-15H2,(H,26,29);3,5,7,9-12,17,19,21,29H,2,4,6,8,13-14H2,1H3,(H,26,30)(H,24,25,28);2,4,6,8-10,12,17,19,21,27H,1,3,5,7,13-14H2,(H,25,28);3,5,7,9-12,16,18,20,26H,2,4,6,8,13-14H2,1H3,(H,24,27);3,5,7,9-12,17,19,21,26H,2,4,6,8,13-14H2,1H3,(H,24,27)/t19-,21-,23?;2*17-,19-,21?;16-,18-,20?;17-,19-,21?/m00000/s1. The Balaban J connectivity index is 0.000000126. The maximum absolute atomic E-state index is 13.0. The van der Waals surface area contributed by atoms with Crippen LogP contribution in [0.1, 0.15) is 199 Å².